The lowest BCUT2D eigenvalue weighted by Gasteiger charge is -2.36. The van der Waals surface area contributed by atoms with Gasteiger partial charge in [0.2, 0.25) is 0 Å². The summed E-state index contributed by atoms with van der Waals surface area (Å²) in [5, 5.41) is 7.33. The molecular weight excluding hydrogens is 352 g/mol. The summed E-state index contributed by atoms with van der Waals surface area (Å²) in [6, 6.07) is 13.9. The van der Waals surface area contributed by atoms with E-state index in [0.29, 0.717) is 18.8 Å². The average molecular weight is 378 g/mol. The predicted molar refractivity (Wildman–Crippen MR) is 108 cm³/mol. The van der Waals surface area contributed by atoms with Gasteiger partial charge >= 0.3 is 0 Å². The highest BCUT2D eigenvalue weighted by atomic mass is 16.5. The third-order valence-corrected chi connectivity index (χ3v) is 5.43. The van der Waals surface area contributed by atoms with Gasteiger partial charge in [-0.05, 0) is 50.6 Å². The maximum atomic E-state index is 13.3. The van der Waals surface area contributed by atoms with E-state index in [1.807, 2.05) is 42.2 Å². The molecule has 3 aromatic rings. The van der Waals surface area contributed by atoms with E-state index in [-0.39, 0.29) is 11.9 Å². The summed E-state index contributed by atoms with van der Waals surface area (Å²) in [5.74, 6) is 0.762. The standard InChI is InChI=1S/C22H26N4O2/c1-4-19-20-11-10-15(3)25(20)12-13-26(19)22(27)18-14-17(23-24-18)16-8-6-7-9-21(16)28-5-2/h6-11,14,19H,4-5,12-13H2,1-3H3,(H,23,24)/t19-/m1/s1. The number of para-hydroxylation sites is 1. The molecule has 1 aliphatic rings. The third kappa shape index (κ3) is 3.09. The van der Waals surface area contributed by atoms with E-state index in [4.69, 9.17) is 4.74 Å². The number of aromatic nitrogens is 3. The number of aromatic amines is 1. The molecule has 1 amide bonds. The van der Waals surface area contributed by atoms with E-state index in [0.717, 1.165) is 30.0 Å². The number of benzene rings is 1. The molecule has 28 heavy (non-hydrogen) atoms. The van der Waals surface area contributed by atoms with E-state index >= 15 is 0 Å². The quantitative estimate of drug-likeness (QED) is 0.724. The van der Waals surface area contributed by atoms with Gasteiger partial charge in [-0.3, -0.25) is 9.89 Å². The minimum Gasteiger partial charge on any atom is -0.493 e. The molecule has 0 unspecified atom stereocenters. The first-order chi connectivity index (χ1) is 13.6. The largest absolute Gasteiger partial charge is 0.493 e. The molecule has 1 N–H and O–H groups in total. The van der Waals surface area contributed by atoms with Crippen LogP contribution in [-0.4, -0.2) is 38.7 Å². The highest BCUT2D eigenvalue weighted by Crippen LogP contribution is 2.33. The van der Waals surface area contributed by atoms with E-state index in [2.05, 4.69) is 40.7 Å². The number of amides is 1. The highest BCUT2D eigenvalue weighted by Gasteiger charge is 2.31. The van der Waals surface area contributed by atoms with Gasteiger partial charge in [-0.25, -0.2) is 0 Å². The SMILES string of the molecule is CCOc1ccccc1-c1cc(C(=O)N2CCn3c(C)ccc3[C@H]2CC)[nH]n1. The molecule has 0 bridgehead atoms. The molecule has 0 spiro atoms. The minimum absolute atomic E-state index is 0.00964. The number of nitrogens with zero attached hydrogens (tertiary/aromatic N) is 3. The number of ether oxygens (including phenoxy) is 1. The molecule has 1 aromatic carbocycles. The van der Waals surface area contributed by atoms with Gasteiger partial charge in [0.25, 0.3) is 5.91 Å². The fraction of sp³-hybridized carbons (Fsp3) is 0.364. The Morgan fingerprint density at radius 2 is 2.04 bits per heavy atom. The molecular formula is C22H26N4O2. The van der Waals surface area contributed by atoms with Crippen molar-refractivity contribution in [1.82, 2.24) is 19.7 Å². The third-order valence-electron chi connectivity index (χ3n) is 5.43. The molecule has 0 aliphatic carbocycles. The number of hydrogen-bond acceptors (Lipinski definition) is 3. The molecule has 1 aliphatic heterocycles. The fourth-order valence-corrected chi connectivity index (χ4v) is 4.07. The molecule has 3 heterocycles. The van der Waals surface area contributed by atoms with Crippen LogP contribution in [0.2, 0.25) is 0 Å². The van der Waals surface area contributed by atoms with Gasteiger partial charge in [0, 0.05) is 30.0 Å². The van der Waals surface area contributed by atoms with Gasteiger partial charge in [-0.1, -0.05) is 19.1 Å². The van der Waals surface area contributed by atoms with Crippen molar-refractivity contribution < 1.29 is 9.53 Å². The summed E-state index contributed by atoms with van der Waals surface area (Å²) in [4.78, 5) is 15.2. The summed E-state index contributed by atoms with van der Waals surface area (Å²) in [7, 11) is 0. The van der Waals surface area contributed by atoms with E-state index < -0.39 is 0 Å². The van der Waals surface area contributed by atoms with Crippen molar-refractivity contribution in [3.8, 4) is 17.0 Å². The number of fused-ring (bicyclic) bond motifs is 1. The molecule has 0 fully saturated rings. The number of carbonyl (C=O) groups excluding carboxylic acids is 1. The van der Waals surface area contributed by atoms with Crippen LogP contribution >= 0.6 is 0 Å². The zero-order valence-corrected chi connectivity index (χ0v) is 16.6. The van der Waals surface area contributed by atoms with E-state index in [1.54, 1.807) is 0 Å². The fourth-order valence-electron chi connectivity index (χ4n) is 4.07. The smallest absolute Gasteiger partial charge is 0.272 e. The number of hydrogen-bond donors (Lipinski definition) is 1. The molecule has 0 saturated carbocycles. The van der Waals surface area contributed by atoms with Gasteiger partial charge in [0.15, 0.2) is 0 Å². The van der Waals surface area contributed by atoms with Crippen molar-refractivity contribution in [2.75, 3.05) is 13.2 Å². The Morgan fingerprint density at radius 3 is 2.82 bits per heavy atom. The number of nitrogens with one attached hydrogen (secondary N) is 1. The van der Waals surface area contributed by atoms with Crippen LogP contribution in [0.3, 0.4) is 0 Å². The Balaban J connectivity index is 1.62. The monoisotopic (exact) mass is 378 g/mol. The summed E-state index contributed by atoms with van der Waals surface area (Å²) in [5.41, 5.74) is 4.57. The molecule has 146 valence electrons. The number of rotatable bonds is 5. The van der Waals surface area contributed by atoms with Crippen molar-refractivity contribution in [3.05, 3.63) is 59.5 Å². The van der Waals surface area contributed by atoms with Crippen LogP contribution in [0.15, 0.2) is 42.5 Å². The van der Waals surface area contributed by atoms with Gasteiger partial charge in [-0.2, -0.15) is 5.10 Å². The van der Waals surface area contributed by atoms with Crippen molar-refractivity contribution in [2.24, 2.45) is 0 Å². The number of carbonyl (C=O) groups is 1. The van der Waals surface area contributed by atoms with Crippen LogP contribution in [-0.2, 0) is 6.54 Å². The summed E-state index contributed by atoms with van der Waals surface area (Å²) < 4.78 is 8.02. The Labute approximate surface area is 165 Å². The van der Waals surface area contributed by atoms with Crippen molar-refractivity contribution in [2.45, 2.75) is 39.8 Å². The second-order valence-corrected chi connectivity index (χ2v) is 7.07. The Hall–Kier alpha value is -3.02. The van der Waals surface area contributed by atoms with Gasteiger partial charge in [-0.15, -0.1) is 0 Å². The molecule has 0 radical (unpaired) electrons. The van der Waals surface area contributed by atoms with Crippen molar-refractivity contribution in [1.29, 1.82) is 0 Å². The van der Waals surface area contributed by atoms with E-state index in [1.165, 1.54) is 11.4 Å². The molecule has 1 atom stereocenters. The number of H-pyrrole nitrogens is 1. The van der Waals surface area contributed by atoms with Gasteiger partial charge in [0.05, 0.1) is 18.3 Å². The summed E-state index contributed by atoms with van der Waals surface area (Å²) in [6.07, 6.45) is 0.878. The Kier molecular flexibility index (Phi) is 4.94. The first-order valence-electron chi connectivity index (χ1n) is 9.88. The van der Waals surface area contributed by atoms with Crippen LogP contribution in [0.5, 0.6) is 5.75 Å². The molecule has 6 nitrogen and oxygen atoms in total. The number of aryl methyl sites for hydroxylation is 1. The van der Waals surface area contributed by atoms with Crippen LogP contribution < -0.4 is 4.74 Å². The van der Waals surface area contributed by atoms with E-state index in [9.17, 15) is 4.79 Å². The first kappa shape index (κ1) is 18.3. The summed E-state index contributed by atoms with van der Waals surface area (Å²) in [6.45, 7) is 8.30. The van der Waals surface area contributed by atoms with Crippen LogP contribution in [0.1, 0.15) is 48.2 Å². The minimum atomic E-state index is -0.00964. The molecule has 0 saturated heterocycles. The normalized spacial score (nSPS) is 16.1. The second-order valence-electron chi connectivity index (χ2n) is 7.07. The maximum Gasteiger partial charge on any atom is 0.272 e. The Morgan fingerprint density at radius 1 is 1.21 bits per heavy atom. The molecule has 6 heteroatoms. The molecule has 2 aromatic heterocycles. The van der Waals surface area contributed by atoms with Gasteiger partial charge in [0.1, 0.15) is 11.4 Å². The predicted octanol–water partition coefficient (Wildman–Crippen LogP) is 4.19. The second kappa shape index (κ2) is 7.54. The lowest BCUT2D eigenvalue weighted by atomic mass is 10.1. The van der Waals surface area contributed by atoms with Crippen LogP contribution in [0, 0.1) is 6.92 Å². The van der Waals surface area contributed by atoms with Crippen LogP contribution in [0.4, 0.5) is 0 Å². The van der Waals surface area contributed by atoms with Crippen LogP contribution in [0.25, 0.3) is 11.3 Å². The lowest BCUT2D eigenvalue weighted by molar-refractivity contribution is 0.0610. The zero-order chi connectivity index (χ0) is 19.7. The summed E-state index contributed by atoms with van der Waals surface area (Å²) >= 11 is 0. The van der Waals surface area contributed by atoms with Crippen molar-refractivity contribution in [3.63, 3.8) is 0 Å². The average Bonchev–Trinajstić information content (AvgIpc) is 3.35. The lowest BCUT2D eigenvalue weighted by Crippen LogP contribution is -2.42. The Bertz CT molecular complexity index is 988. The maximum absolute atomic E-state index is 13.3. The molecule has 4 rings (SSSR count). The zero-order valence-electron chi connectivity index (χ0n) is 16.6. The topological polar surface area (TPSA) is 63.1 Å². The first-order valence-corrected chi connectivity index (χ1v) is 9.88. The van der Waals surface area contributed by atoms with Gasteiger partial charge < -0.3 is 14.2 Å². The van der Waals surface area contributed by atoms with Crippen molar-refractivity contribution >= 4 is 5.91 Å². The highest BCUT2D eigenvalue weighted by molar-refractivity contribution is 5.94.